The summed E-state index contributed by atoms with van der Waals surface area (Å²) in [7, 11) is 5.62. The zero-order valence-corrected chi connectivity index (χ0v) is 8.75. The Morgan fingerprint density at radius 3 is 2.62 bits per heavy atom. The van der Waals surface area contributed by atoms with E-state index in [1.165, 1.54) is 13.5 Å². The van der Waals surface area contributed by atoms with E-state index in [0.29, 0.717) is 6.04 Å². The van der Waals surface area contributed by atoms with Gasteiger partial charge in [0.05, 0.1) is 13.0 Å². The fourth-order valence-electron chi connectivity index (χ4n) is 2.01. The van der Waals surface area contributed by atoms with Gasteiger partial charge in [-0.25, -0.2) is 0 Å². The van der Waals surface area contributed by atoms with Gasteiger partial charge < -0.3 is 9.64 Å². The van der Waals surface area contributed by atoms with Crippen LogP contribution in [0.5, 0.6) is 0 Å². The Balaban J connectivity index is 2.46. The lowest BCUT2D eigenvalue weighted by atomic mass is 9.85. The smallest absolute Gasteiger partial charge is 0.308 e. The number of carbonyl (C=O) groups is 1. The molecule has 0 aromatic rings. The van der Waals surface area contributed by atoms with Gasteiger partial charge in [0.15, 0.2) is 0 Å². The van der Waals surface area contributed by atoms with Gasteiger partial charge in [-0.3, -0.25) is 4.79 Å². The number of hydrogen-bond acceptors (Lipinski definition) is 3. The van der Waals surface area contributed by atoms with Crippen molar-refractivity contribution in [2.24, 2.45) is 5.92 Å². The maximum absolute atomic E-state index is 11.3. The number of ether oxygens (including phenoxy) is 1. The summed E-state index contributed by atoms with van der Waals surface area (Å²) in [5.74, 6) is 0.0951. The molecule has 1 saturated carbocycles. The molecule has 0 N–H and O–H groups in total. The molecule has 76 valence electrons. The van der Waals surface area contributed by atoms with Crippen molar-refractivity contribution in [1.29, 1.82) is 0 Å². The van der Waals surface area contributed by atoms with Crippen LogP contribution in [0.3, 0.4) is 0 Å². The number of nitrogens with zero attached hydrogens (tertiary/aromatic N) is 1. The molecular weight excluding hydrogens is 166 g/mol. The fraction of sp³-hybridized carbons (Fsp3) is 0.900. The second kappa shape index (κ2) is 4.61. The summed E-state index contributed by atoms with van der Waals surface area (Å²) in [5, 5.41) is 0. The highest BCUT2D eigenvalue weighted by Crippen LogP contribution is 2.27. The van der Waals surface area contributed by atoms with Gasteiger partial charge in [-0.15, -0.1) is 0 Å². The molecule has 0 aromatic heterocycles. The van der Waals surface area contributed by atoms with Crippen LogP contribution in [0.15, 0.2) is 0 Å². The molecule has 1 aliphatic rings. The summed E-state index contributed by atoms with van der Waals surface area (Å²) in [6.45, 7) is 0. The van der Waals surface area contributed by atoms with Gasteiger partial charge in [0.1, 0.15) is 0 Å². The Labute approximate surface area is 80.1 Å². The first kappa shape index (κ1) is 10.5. The predicted octanol–water partition coefficient (Wildman–Crippen LogP) is 1.28. The van der Waals surface area contributed by atoms with Crippen molar-refractivity contribution in [3.05, 3.63) is 0 Å². The van der Waals surface area contributed by atoms with E-state index >= 15 is 0 Å². The highest BCUT2D eigenvalue weighted by atomic mass is 16.5. The third-order valence-corrected chi connectivity index (χ3v) is 2.91. The number of esters is 1. The van der Waals surface area contributed by atoms with Crippen LogP contribution >= 0.6 is 0 Å². The van der Waals surface area contributed by atoms with Crippen molar-refractivity contribution in [3.8, 4) is 0 Å². The summed E-state index contributed by atoms with van der Waals surface area (Å²) in [4.78, 5) is 13.5. The molecule has 0 spiro atoms. The summed E-state index contributed by atoms with van der Waals surface area (Å²) in [6, 6.07) is 0.554. The molecule has 0 saturated heterocycles. The van der Waals surface area contributed by atoms with Gasteiger partial charge >= 0.3 is 5.97 Å². The molecular formula is C10H19NO2. The van der Waals surface area contributed by atoms with Crippen molar-refractivity contribution in [2.75, 3.05) is 21.2 Å². The Kier molecular flexibility index (Phi) is 3.72. The van der Waals surface area contributed by atoms with Crippen LogP contribution in [-0.2, 0) is 9.53 Å². The van der Waals surface area contributed by atoms with Crippen LogP contribution in [0.25, 0.3) is 0 Å². The number of methoxy groups -OCH3 is 1. The van der Waals surface area contributed by atoms with E-state index < -0.39 is 0 Å². The molecule has 1 rings (SSSR count). The minimum absolute atomic E-state index is 0.0356. The van der Waals surface area contributed by atoms with Crippen molar-refractivity contribution in [1.82, 2.24) is 4.90 Å². The van der Waals surface area contributed by atoms with Gasteiger partial charge in [-0.05, 0) is 33.4 Å². The molecule has 0 radical (unpaired) electrons. The molecule has 0 aliphatic heterocycles. The van der Waals surface area contributed by atoms with Gasteiger partial charge in [0.2, 0.25) is 0 Å². The average Bonchev–Trinajstić information content (AvgIpc) is 2.17. The van der Waals surface area contributed by atoms with E-state index in [2.05, 4.69) is 19.0 Å². The maximum atomic E-state index is 11.3. The molecule has 1 aliphatic carbocycles. The molecule has 0 amide bonds. The van der Waals surface area contributed by atoms with Crippen LogP contribution in [-0.4, -0.2) is 38.1 Å². The topological polar surface area (TPSA) is 29.5 Å². The second-order valence-corrected chi connectivity index (χ2v) is 4.00. The van der Waals surface area contributed by atoms with E-state index in [1.54, 1.807) is 0 Å². The fourth-order valence-corrected chi connectivity index (χ4v) is 2.01. The lowest BCUT2D eigenvalue weighted by Crippen LogP contribution is -2.35. The van der Waals surface area contributed by atoms with Gasteiger partial charge in [-0.1, -0.05) is 6.42 Å². The summed E-state index contributed by atoms with van der Waals surface area (Å²) in [6.07, 6.45) is 4.31. The molecule has 2 atom stereocenters. The Morgan fingerprint density at radius 2 is 2.08 bits per heavy atom. The first-order valence-electron chi connectivity index (χ1n) is 4.89. The first-order chi connectivity index (χ1) is 6.15. The van der Waals surface area contributed by atoms with E-state index in [-0.39, 0.29) is 11.9 Å². The number of hydrogen-bond donors (Lipinski definition) is 0. The van der Waals surface area contributed by atoms with Crippen molar-refractivity contribution < 1.29 is 9.53 Å². The normalized spacial score (nSPS) is 28.9. The molecule has 0 aromatic carbocycles. The quantitative estimate of drug-likeness (QED) is 0.607. The maximum Gasteiger partial charge on any atom is 0.308 e. The Morgan fingerprint density at radius 1 is 1.38 bits per heavy atom. The summed E-state index contributed by atoms with van der Waals surface area (Å²) < 4.78 is 4.76. The highest BCUT2D eigenvalue weighted by molar-refractivity contribution is 5.72. The zero-order chi connectivity index (χ0) is 9.84. The van der Waals surface area contributed by atoms with Crippen LogP contribution in [0.1, 0.15) is 25.7 Å². The molecule has 3 nitrogen and oxygen atoms in total. The zero-order valence-electron chi connectivity index (χ0n) is 8.75. The Hall–Kier alpha value is -0.570. The van der Waals surface area contributed by atoms with Crippen molar-refractivity contribution >= 4 is 5.97 Å². The predicted molar refractivity (Wildman–Crippen MR) is 51.4 cm³/mol. The summed E-state index contributed by atoms with van der Waals surface area (Å²) >= 11 is 0. The minimum Gasteiger partial charge on any atom is -0.469 e. The van der Waals surface area contributed by atoms with E-state index in [9.17, 15) is 4.79 Å². The molecule has 0 bridgehead atoms. The van der Waals surface area contributed by atoms with Crippen molar-refractivity contribution in [3.63, 3.8) is 0 Å². The van der Waals surface area contributed by atoms with E-state index in [0.717, 1.165) is 19.3 Å². The Bertz CT molecular complexity index is 180. The van der Waals surface area contributed by atoms with Gasteiger partial charge in [0, 0.05) is 6.04 Å². The van der Waals surface area contributed by atoms with Gasteiger partial charge in [-0.2, -0.15) is 0 Å². The molecule has 2 unspecified atom stereocenters. The lowest BCUT2D eigenvalue weighted by Gasteiger charge is -2.31. The largest absolute Gasteiger partial charge is 0.469 e. The third kappa shape index (κ3) is 2.69. The average molecular weight is 185 g/mol. The SMILES string of the molecule is COC(=O)C1CCCC(N(C)C)C1. The van der Waals surface area contributed by atoms with Crippen LogP contribution in [0, 0.1) is 5.92 Å². The van der Waals surface area contributed by atoms with Crippen LogP contribution < -0.4 is 0 Å². The van der Waals surface area contributed by atoms with Crippen LogP contribution in [0.2, 0.25) is 0 Å². The molecule has 0 heterocycles. The minimum atomic E-state index is -0.0356. The summed E-state index contributed by atoms with van der Waals surface area (Å²) in [5.41, 5.74) is 0. The molecule has 1 fully saturated rings. The highest BCUT2D eigenvalue weighted by Gasteiger charge is 2.28. The first-order valence-corrected chi connectivity index (χ1v) is 4.89. The number of carbonyl (C=O) groups excluding carboxylic acids is 1. The monoisotopic (exact) mass is 185 g/mol. The molecule has 3 heteroatoms. The number of rotatable bonds is 2. The second-order valence-electron chi connectivity index (χ2n) is 4.00. The van der Waals surface area contributed by atoms with Crippen LogP contribution in [0.4, 0.5) is 0 Å². The van der Waals surface area contributed by atoms with Crippen molar-refractivity contribution in [2.45, 2.75) is 31.7 Å². The molecule has 13 heavy (non-hydrogen) atoms. The van der Waals surface area contributed by atoms with Gasteiger partial charge in [0.25, 0.3) is 0 Å². The standard InChI is InChI=1S/C10H19NO2/c1-11(2)9-6-4-5-8(7-9)10(12)13-3/h8-9H,4-7H2,1-3H3. The van der Waals surface area contributed by atoms with E-state index in [4.69, 9.17) is 4.74 Å². The lowest BCUT2D eigenvalue weighted by molar-refractivity contribution is -0.147. The third-order valence-electron chi connectivity index (χ3n) is 2.91. The van der Waals surface area contributed by atoms with E-state index in [1.807, 2.05) is 0 Å².